The molecule has 0 spiro atoms. The maximum absolute atomic E-state index is 13.1. The second-order valence-electron chi connectivity index (χ2n) is 8.51. The van der Waals surface area contributed by atoms with E-state index in [1.807, 2.05) is 25.2 Å². The van der Waals surface area contributed by atoms with Crippen LogP contribution in [0.2, 0.25) is 0 Å². The van der Waals surface area contributed by atoms with Gasteiger partial charge in [-0.15, -0.1) is 16.1 Å². The Bertz CT molecular complexity index is 1340. The predicted molar refractivity (Wildman–Crippen MR) is 139 cm³/mol. The lowest BCUT2D eigenvalue weighted by Crippen LogP contribution is -2.36. The van der Waals surface area contributed by atoms with Gasteiger partial charge in [0.15, 0.2) is 0 Å². The average Bonchev–Trinajstić information content (AvgIpc) is 3.37. The number of thiophene rings is 1. The standard InChI is InChI=1S/C26H29N5O2S/c1-18(25-14-21(17-34-25)23-6-4-3-5-19(23)15-27-2)29-31-26(32)24-8-7-22(13-20(24)16-28-31)30-9-11-33-12-10-30/h3-8,13-14,16-18,27,29H,9-12,15H2,1-2H3/t18-/m1/s1. The summed E-state index contributed by atoms with van der Waals surface area (Å²) in [7, 11) is 1.96. The molecule has 0 aliphatic carbocycles. The molecule has 34 heavy (non-hydrogen) atoms. The van der Waals surface area contributed by atoms with E-state index in [-0.39, 0.29) is 11.6 Å². The Balaban J connectivity index is 1.36. The third-order valence-electron chi connectivity index (χ3n) is 6.20. The van der Waals surface area contributed by atoms with Crippen LogP contribution in [0.1, 0.15) is 23.4 Å². The van der Waals surface area contributed by atoms with Gasteiger partial charge in [0.2, 0.25) is 0 Å². The average molecular weight is 476 g/mol. The molecule has 7 nitrogen and oxygen atoms in total. The molecule has 0 radical (unpaired) electrons. The molecular formula is C26H29N5O2S. The fourth-order valence-corrected chi connectivity index (χ4v) is 5.27. The van der Waals surface area contributed by atoms with E-state index in [0.717, 1.165) is 48.8 Å². The summed E-state index contributed by atoms with van der Waals surface area (Å²) in [5.41, 5.74) is 7.90. The zero-order valence-electron chi connectivity index (χ0n) is 19.5. The van der Waals surface area contributed by atoms with Crippen LogP contribution in [-0.2, 0) is 11.3 Å². The Morgan fingerprint density at radius 2 is 1.97 bits per heavy atom. The molecule has 2 N–H and O–H groups in total. The molecule has 1 aliphatic heterocycles. The summed E-state index contributed by atoms with van der Waals surface area (Å²) < 4.78 is 5.44. The SMILES string of the molecule is CNCc1ccccc1-c1csc([C@@H](C)Nn2ncc3cc(N4CCOCC4)ccc3c2=O)c1. The minimum Gasteiger partial charge on any atom is -0.378 e. The minimum atomic E-state index is -0.144. The zero-order chi connectivity index (χ0) is 23.5. The van der Waals surface area contributed by atoms with Crippen molar-refractivity contribution in [3.63, 3.8) is 0 Å². The fraction of sp³-hybridized carbons (Fsp3) is 0.308. The number of morpholine rings is 1. The largest absolute Gasteiger partial charge is 0.378 e. The molecule has 0 saturated carbocycles. The monoisotopic (exact) mass is 475 g/mol. The first-order chi connectivity index (χ1) is 16.6. The Kier molecular flexibility index (Phi) is 6.62. The van der Waals surface area contributed by atoms with Crippen LogP contribution >= 0.6 is 11.3 Å². The number of benzene rings is 2. The Morgan fingerprint density at radius 1 is 1.15 bits per heavy atom. The number of nitrogens with zero attached hydrogens (tertiary/aromatic N) is 3. The number of aromatic nitrogens is 2. The van der Waals surface area contributed by atoms with Crippen molar-refractivity contribution in [3.05, 3.63) is 80.9 Å². The highest BCUT2D eigenvalue weighted by Gasteiger charge is 2.15. The highest BCUT2D eigenvalue weighted by Crippen LogP contribution is 2.31. The quantitative estimate of drug-likeness (QED) is 0.421. The van der Waals surface area contributed by atoms with Crippen LogP contribution in [0.5, 0.6) is 0 Å². The number of hydrogen-bond acceptors (Lipinski definition) is 7. The molecule has 1 fully saturated rings. The van der Waals surface area contributed by atoms with Gasteiger partial charge in [-0.2, -0.15) is 5.10 Å². The first-order valence-electron chi connectivity index (χ1n) is 11.6. The maximum atomic E-state index is 13.1. The highest BCUT2D eigenvalue weighted by molar-refractivity contribution is 7.10. The fourth-order valence-electron chi connectivity index (χ4n) is 4.36. The molecule has 1 saturated heterocycles. The lowest BCUT2D eigenvalue weighted by Gasteiger charge is -2.29. The molecule has 0 bridgehead atoms. The highest BCUT2D eigenvalue weighted by atomic mass is 32.1. The Labute approximate surface area is 203 Å². The molecule has 4 aromatic rings. The van der Waals surface area contributed by atoms with Crippen molar-refractivity contribution in [1.29, 1.82) is 0 Å². The molecular weight excluding hydrogens is 446 g/mol. The first kappa shape index (κ1) is 22.6. The number of nitrogens with one attached hydrogen (secondary N) is 2. The van der Waals surface area contributed by atoms with Gasteiger partial charge in [-0.3, -0.25) is 10.2 Å². The molecule has 8 heteroatoms. The van der Waals surface area contributed by atoms with Crippen molar-refractivity contribution in [3.8, 4) is 11.1 Å². The molecule has 0 unspecified atom stereocenters. The van der Waals surface area contributed by atoms with Crippen LogP contribution in [0.3, 0.4) is 0 Å². The molecule has 2 aromatic heterocycles. The van der Waals surface area contributed by atoms with Gasteiger partial charge in [0.25, 0.3) is 5.56 Å². The molecule has 176 valence electrons. The van der Waals surface area contributed by atoms with E-state index in [9.17, 15) is 4.79 Å². The summed E-state index contributed by atoms with van der Waals surface area (Å²) in [5, 5.41) is 11.3. The van der Waals surface area contributed by atoms with E-state index in [0.29, 0.717) is 5.39 Å². The van der Waals surface area contributed by atoms with Crippen molar-refractivity contribution in [1.82, 2.24) is 15.2 Å². The maximum Gasteiger partial charge on any atom is 0.293 e. The van der Waals surface area contributed by atoms with Gasteiger partial charge in [-0.25, -0.2) is 0 Å². The van der Waals surface area contributed by atoms with E-state index < -0.39 is 0 Å². The summed E-state index contributed by atoms with van der Waals surface area (Å²) in [6.45, 7) is 6.04. The van der Waals surface area contributed by atoms with Crippen molar-refractivity contribution in [2.24, 2.45) is 0 Å². The first-order valence-corrected chi connectivity index (χ1v) is 12.4. The van der Waals surface area contributed by atoms with Crippen molar-refractivity contribution >= 4 is 27.8 Å². The second-order valence-corrected chi connectivity index (χ2v) is 9.45. The van der Waals surface area contributed by atoms with E-state index >= 15 is 0 Å². The third kappa shape index (κ3) is 4.57. The summed E-state index contributed by atoms with van der Waals surface area (Å²) in [5.74, 6) is 0. The molecule has 5 rings (SSSR count). The molecule has 1 atom stereocenters. The van der Waals surface area contributed by atoms with Crippen LogP contribution in [0.15, 0.2) is 64.9 Å². The summed E-state index contributed by atoms with van der Waals surface area (Å²) >= 11 is 1.68. The van der Waals surface area contributed by atoms with Crippen LogP contribution in [0, 0.1) is 0 Å². The second kappa shape index (κ2) is 9.97. The van der Waals surface area contributed by atoms with Crippen LogP contribution in [-0.4, -0.2) is 43.2 Å². The van der Waals surface area contributed by atoms with E-state index in [4.69, 9.17) is 4.74 Å². The lowest BCUT2D eigenvalue weighted by molar-refractivity contribution is 0.122. The van der Waals surface area contributed by atoms with Crippen LogP contribution in [0.25, 0.3) is 21.9 Å². The van der Waals surface area contributed by atoms with Gasteiger partial charge in [-0.1, -0.05) is 24.3 Å². The van der Waals surface area contributed by atoms with Gasteiger partial charge in [-0.05, 0) is 60.3 Å². The molecule has 1 aliphatic rings. The summed E-state index contributed by atoms with van der Waals surface area (Å²) in [6.07, 6.45) is 1.76. The topological polar surface area (TPSA) is 71.4 Å². The number of hydrogen-bond donors (Lipinski definition) is 2. The summed E-state index contributed by atoms with van der Waals surface area (Å²) in [4.78, 5) is 17.9. The summed E-state index contributed by atoms with van der Waals surface area (Å²) in [6, 6.07) is 16.5. The van der Waals surface area contributed by atoms with Gasteiger partial charge in [0.1, 0.15) is 0 Å². The number of anilines is 1. The van der Waals surface area contributed by atoms with Crippen molar-refractivity contribution in [2.45, 2.75) is 19.5 Å². The molecule has 2 aromatic carbocycles. The van der Waals surface area contributed by atoms with Crippen molar-refractivity contribution < 1.29 is 4.74 Å². The van der Waals surface area contributed by atoms with Crippen LogP contribution < -0.4 is 21.2 Å². The van der Waals surface area contributed by atoms with Crippen LogP contribution in [0.4, 0.5) is 5.69 Å². The molecule has 0 amide bonds. The third-order valence-corrected chi connectivity index (χ3v) is 7.32. The van der Waals surface area contributed by atoms with Gasteiger partial charge < -0.3 is 15.0 Å². The minimum absolute atomic E-state index is 0.0644. The van der Waals surface area contributed by atoms with Gasteiger partial charge in [0.05, 0.1) is 30.8 Å². The lowest BCUT2D eigenvalue weighted by atomic mass is 10.0. The van der Waals surface area contributed by atoms with Gasteiger partial charge >= 0.3 is 0 Å². The Morgan fingerprint density at radius 3 is 2.79 bits per heavy atom. The smallest absolute Gasteiger partial charge is 0.293 e. The normalized spacial score (nSPS) is 14.9. The number of fused-ring (bicyclic) bond motifs is 1. The van der Waals surface area contributed by atoms with Crippen molar-refractivity contribution in [2.75, 3.05) is 43.7 Å². The predicted octanol–water partition coefficient (Wildman–Crippen LogP) is 3.99. The van der Waals surface area contributed by atoms with E-state index in [1.54, 1.807) is 17.5 Å². The van der Waals surface area contributed by atoms with E-state index in [2.05, 4.69) is 63.4 Å². The molecule has 3 heterocycles. The van der Waals surface area contributed by atoms with E-state index in [1.165, 1.54) is 21.5 Å². The zero-order valence-corrected chi connectivity index (χ0v) is 20.3. The number of rotatable bonds is 7. The van der Waals surface area contributed by atoms with Gasteiger partial charge in [0, 0.05) is 35.6 Å². The number of ether oxygens (including phenoxy) is 1. The Hall–Kier alpha value is -3.20.